The second kappa shape index (κ2) is 9.29. The summed E-state index contributed by atoms with van der Waals surface area (Å²) in [5, 5.41) is 16.1. The molecule has 0 radical (unpaired) electrons. The summed E-state index contributed by atoms with van der Waals surface area (Å²) in [7, 11) is -5.14. The minimum absolute atomic E-state index is 0. The molecule has 0 aliphatic carbocycles. The summed E-state index contributed by atoms with van der Waals surface area (Å²) in [6, 6.07) is 0. The van der Waals surface area contributed by atoms with Crippen molar-refractivity contribution >= 4 is 57.5 Å². The summed E-state index contributed by atoms with van der Waals surface area (Å²) in [6.45, 7) is 3.01. The van der Waals surface area contributed by atoms with E-state index in [0.717, 1.165) is 0 Å². The third kappa shape index (κ3) is 31.5. The molecule has 8 nitrogen and oxygen atoms in total. The Balaban J connectivity index is -0.000000208. The topological polar surface area (TPSA) is 158 Å². The maximum atomic E-state index is 9.87. The third-order valence-electron chi connectivity index (χ3n) is 0.667. The van der Waals surface area contributed by atoms with E-state index < -0.39 is 26.2 Å². The first kappa shape index (κ1) is 20.5. The van der Waals surface area contributed by atoms with Crippen LogP contribution in [-0.4, -0.2) is 64.8 Å². The predicted octanol–water partition coefficient (Wildman–Crippen LogP) is -2.47. The van der Waals surface area contributed by atoms with Gasteiger partial charge < -0.3 is 29.5 Å². The average molecular weight is 266 g/mol. The second-order valence-corrected chi connectivity index (χ2v) is 2.88. The van der Waals surface area contributed by atoms with E-state index in [1.807, 2.05) is 0 Å². The van der Waals surface area contributed by atoms with Crippen LogP contribution in [-0.2, 0) is 14.2 Å². The molecule has 0 spiro atoms. The van der Waals surface area contributed by atoms with Crippen LogP contribution < -0.4 is 9.79 Å². The van der Waals surface area contributed by atoms with Crippen molar-refractivity contribution in [3.05, 3.63) is 12.2 Å². The van der Waals surface area contributed by atoms with Crippen LogP contribution in [0.3, 0.4) is 0 Å². The molecule has 0 amide bonds. The quantitative estimate of drug-likeness (QED) is 0.288. The first-order valence-electron chi connectivity index (χ1n) is 2.91. The van der Waals surface area contributed by atoms with Crippen LogP contribution in [0.15, 0.2) is 12.2 Å². The molecule has 10 heteroatoms. The summed E-state index contributed by atoms with van der Waals surface area (Å²) in [5.74, 6) is -2.44. The van der Waals surface area contributed by atoms with Crippen molar-refractivity contribution in [3.63, 3.8) is 0 Å². The van der Waals surface area contributed by atoms with Gasteiger partial charge in [-0.2, -0.15) is 0 Å². The van der Waals surface area contributed by atoms with Crippen LogP contribution in [0.1, 0.15) is 6.42 Å². The molecule has 0 saturated heterocycles. The summed E-state index contributed by atoms with van der Waals surface area (Å²) < 4.78 is 8.66. The van der Waals surface area contributed by atoms with Gasteiger partial charge in [-0.25, -0.2) is 4.79 Å². The number of rotatable bonds is 3. The minimum atomic E-state index is -5.14. The first-order chi connectivity index (χ1) is 6.04. The van der Waals surface area contributed by atoms with E-state index >= 15 is 0 Å². The van der Waals surface area contributed by atoms with Crippen LogP contribution in [0.2, 0.25) is 0 Å². The molecule has 3 N–H and O–H groups in total. The van der Waals surface area contributed by atoms with Gasteiger partial charge in [0.2, 0.25) is 0 Å². The van der Waals surface area contributed by atoms with Gasteiger partial charge in [0.25, 0.3) is 0 Å². The van der Waals surface area contributed by atoms with Crippen molar-refractivity contribution in [3.8, 4) is 0 Å². The molecule has 0 aromatic carbocycles. The number of carboxylic acids is 2. The van der Waals surface area contributed by atoms with E-state index in [1.54, 1.807) is 0 Å². The fourth-order valence-electron chi connectivity index (χ4n) is 0.258. The Morgan fingerprint density at radius 1 is 1.27 bits per heavy atom. The monoisotopic (exact) mass is 266 g/mol. The fraction of sp³-hybridized carbons (Fsp3) is 0.200. The fourth-order valence-corrected chi connectivity index (χ4v) is 0.258. The van der Waals surface area contributed by atoms with Crippen LogP contribution in [0.4, 0.5) is 0 Å². The van der Waals surface area contributed by atoms with Gasteiger partial charge >= 0.3 is 49.7 Å². The number of aliphatic carboxylic acids is 2. The zero-order valence-corrected chi connectivity index (χ0v) is 10.6. The van der Waals surface area contributed by atoms with E-state index in [4.69, 9.17) is 29.5 Å². The Morgan fingerprint density at radius 2 is 1.53 bits per heavy atom. The van der Waals surface area contributed by atoms with Crippen molar-refractivity contribution in [2.75, 3.05) is 0 Å². The SMILES string of the molecule is C=C(CC(=O)O)C(=O)O.O=P([O-])([O-])O.[Ca+2]. The molecule has 0 aromatic heterocycles. The second-order valence-electron chi connectivity index (χ2n) is 1.95. The van der Waals surface area contributed by atoms with E-state index in [-0.39, 0.29) is 43.3 Å². The van der Waals surface area contributed by atoms with Gasteiger partial charge in [-0.1, -0.05) is 6.58 Å². The normalized spacial score (nSPS) is 9.00. The van der Waals surface area contributed by atoms with Gasteiger partial charge in [-0.15, -0.1) is 0 Å². The molecule has 0 atom stereocenters. The smallest absolute Gasteiger partial charge is 0.790 e. The van der Waals surface area contributed by atoms with Crippen LogP contribution in [0, 0.1) is 0 Å². The van der Waals surface area contributed by atoms with E-state index in [2.05, 4.69) is 6.58 Å². The molecule has 0 rings (SSSR count). The Hall–Kier alpha value is 0.0497. The minimum Gasteiger partial charge on any atom is -0.790 e. The van der Waals surface area contributed by atoms with Gasteiger partial charge in [-0.05, 0) is 0 Å². The summed E-state index contributed by atoms with van der Waals surface area (Å²) in [5.41, 5.74) is -0.303. The molecule has 0 aliphatic heterocycles. The summed E-state index contributed by atoms with van der Waals surface area (Å²) in [4.78, 5) is 43.9. The Kier molecular flexibility index (Phi) is 12.7. The van der Waals surface area contributed by atoms with Gasteiger partial charge in [0, 0.05) is 5.57 Å². The van der Waals surface area contributed by atoms with E-state index in [0.29, 0.717) is 0 Å². The van der Waals surface area contributed by atoms with Crippen molar-refractivity contribution in [1.29, 1.82) is 0 Å². The standard InChI is InChI=1S/C5H6O4.Ca.H3O4P/c1-3(5(8)9)2-4(6)7;;1-5(2,3)4/h1-2H2,(H,6,7)(H,8,9);;(H3,1,2,3,4)/q;+2;/p-2. The number of carbonyl (C=O) groups is 2. The number of carboxylic acid groups (broad SMARTS) is 2. The molecule has 82 valence electrons. The number of hydrogen-bond acceptors (Lipinski definition) is 5. The zero-order valence-electron chi connectivity index (χ0n) is 7.45. The van der Waals surface area contributed by atoms with E-state index in [1.165, 1.54) is 0 Å². The van der Waals surface area contributed by atoms with Crippen LogP contribution >= 0.6 is 7.82 Å². The first-order valence-corrected chi connectivity index (χ1v) is 4.41. The van der Waals surface area contributed by atoms with Crippen LogP contribution in [0.25, 0.3) is 0 Å². The molecular formula is C5H7CaO8P. The van der Waals surface area contributed by atoms with E-state index in [9.17, 15) is 9.59 Å². The molecule has 0 fully saturated rings. The number of hydrogen-bond donors (Lipinski definition) is 3. The van der Waals surface area contributed by atoms with Crippen molar-refractivity contribution in [2.24, 2.45) is 0 Å². The molecule has 0 unspecified atom stereocenters. The number of phosphoric acid groups is 1. The average Bonchev–Trinajstić information content (AvgIpc) is 1.80. The van der Waals surface area contributed by atoms with Gasteiger partial charge in [0.05, 0.1) is 14.2 Å². The molecule has 0 bridgehead atoms. The molecule has 15 heavy (non-hydrogen) atoms. The Bertz CT molecular complexity index is 272. The molecule has 0 saturated carbocycles. The zero-order chi connectivity index (χ0) is 11.9. The Morgan fingerprint density at radius 3 is 1.60 bits per heavy atom. The van der Waals surface area contributed by atoms with Crippen molar-refractivity contribution in [2.45, 2.75) is 6.42 Å². The van der Waals surface area contributed by atoms with Gasteiger partial charge in [-0.3, -0.25) is 4.79 Å². The van der Waals surface area contributed by atoms with Crippen molar-refractivity contribution < 1.29 is 39.0 Å². The maximum Gasteiger partial charge on any atom is 2.00 e. The molecule has 0 heterocycles. The van der Waals surface area contributed by atoms with Gasteiger partial charge in [0.1, 0.15) is 0 Å². The maximum absolute atomic E-state index is 9.87. The Labute approximate surface area is 114 Å². The molecular weight excluding hydrogens is 259 g/mol. The molecule has 0 aromatic rings. The summed E-state index contributed by atoms with van der Waals surface area (Å²) >= 11 is 0. The van der Waals surface area contributed by atoms with Crippen molar-refractivity contribution in [1.82, 2.24) is 0 Å². The predicted molar refractivity (Wildman–Crippen MR) is 44.6 cm³/mol. The van der Waals surface area contributed by atoms with Crippen LogP contribution in [0.5, 0.6) is 0 Å². The summed E-state index contributed by atoms with van der Waals surface area (Å²) in [6.07, 6.45) is -0.505. The molecule has 0 aliphatic rings. The third-order valence-corrected chi connectivity index (χ3v) is 0.667. The largest absolute Gasteiger partial charge is 2.00 e. The van der Waals surface area contributed by atoms with Gasteiger partial charge in [0.15, 0.2) is 0 Å².